The molecule has 1 saturated heterocycles. The monoisotopic (exact) mass is 524 g/mol. The highest BCUT2D eigenvalue weighted by Gasteiger charge is 2.38. The van der Waals surface area contributed by atoms with Crippen LogP contribution in [0.4, 0.5) is 13.2 Å². The second kappa shape index (κ2) is 7.57. The maximum atomic E-state index is 13.4. The van der Waals surface area contributed by atoms with Crippen molar-refractivity contribution in [2.24, 2.45) is 0 Å². The van der Waals surface area contributed by atoms with Gasteiger partial charge in [-0.05, 0) is 28.4 Å². The molecule has 3 aromatic heterocycles. The van der Waals surface area contributed by atoms with Crippen LogP contribution in [0.5, 0.6) is 5.88 Å². The van der Waals surface area contributed by atoms with Crippen molar-refractivity contribution in [2.75, 3.05) is 13.1 Å². The summed E-state index contributed by atoms with van der Waals surface area (Å²) < 4.78 is 46.7. The number of rotatable bonds is 2. The van der Waals surface area contributed by atoms with E-state index in [2.05, 4.69) is 25.3 Å². The Bertz CT molecular complexity index is 1240. The molecule has 0 saturated carbocycles. The van der Waals surface area contributed by atoms with Crippen molar-refractivity contribution in [3.05, 3.63) is 50.0 Å². The zero-order chi connectivity index (χ0) is 22.7. The predicted octanol–water partition coefficient (Wildman–Crippen LogP) is 2.68. The van der Waals surface area contributed by atoms with Gasteiger partial charge in [-0.25, -0.2) is 14.3 Å². The maximum absolute atomic E-state index is 13.4. The Kier molecular flexibility index (Phi) is 5.30. The van der Waals surface area contributed by atoms with Crippen molar-refractivity contribution < 1.29 is 32.6 Å². The normalized spacial score (nSPS) is 19.9. The Balaban J connectivity index is 1.65. The van der Waals surface area contributed by atoms with Gasteiger partial charge in [0, 0.05) is 23.8 Å². The number of piperidine rings is 1. The van der Waals surface area contributed by atoms with E-state index in [1.807, 2.05) is 0 Å². The van der Waals surface area contributed by atoms with Crippen LogP contribution in [0.25, 0.3) is 5.65 Å². The van der Waals surface area contributed by atoms with Crippen molar-refractivity contribution >= 4 is 39.1 Å². The number of aromatic hydroxyl groups is 1. The van der Waals surface area contributed by atoms with Gasteiger partial charge in [0.15, 0.2) is 17.6 Å². The largest absolute Gasteiger partial charge is 0.492 e. The molecule has 0 bridgehead atoms. The number of fused-ring (bicyclic) bond motifs is 1. The van der Waals surface area contributed by atoms with Gasteiger partial charge in [-0.3, -0.25) is 9.20 Å². The van der Waals surface area contributed by atoms with E-state index in [9.17, 15) is 33.0 Å². The summed E-state index contributed by atoms with van der Waals surface area (Å²) in [6.45, 7) is -0.238. The number of aromatic nitrogens is 3. The lowest BCUT2D eigenvalue weighted by molar-refractivity contribution is -0.136. The molecule has 0 unspecified atom stereocenters. The molecule has 31 heavy (non-hydrogen) atoms. The summed E-state index contributed by atoms with van der Waals surface area (Å²) in [7, 11) is 0. The second-order valence-electron chi connectivity index (χ2n) is 6.92. The van der Waals surface area contributed by atoms with Gasteiger partial charge in [0.1, 0.15) is 5.15 Å². The van der Waals surface area contributed by atoms with Crippen LogP contribution < -0.4 is 5.76 Å². The Hall–Kier alpha value is -2.51. The minimum atomic E-state index is -4.73. The number of β-amino-alcohol motifs (C(OH)–C–C–N with tert-alkyl or cyclic N) is 1. The molecule has 4 rings (SSSR count). The average Bonchev–Trinajstić information content (AvgIpc) is 3.19. The molecule has 1 aliphatic heterocycles. The number of aliphatic hydroxyl groups excluding tert-OH is 1. The number of likely N-dealkylation sites (tertiary alicyclic amines) is 1. The van der Waals surface area contributed by atoms with Gasteiger partial charge in [-0.15, -0.1) is 0 Å². The highest BCUT2D eigenvalue weighted by molar-refractivity contribution is 9.10. The Labute approximate surface area is 184 Å². The lowest BCUT2D eigenvalue weighted by Gasteiger charge is -2.35. The average molecular weight is 526 g/mol. The van der Waals surface area contributed by atoms with E-state index in [-0.39, 0.29) is 29.1 Å². The number of hydrogen-bond acceptors (Lipinski definition) is 6. The van der Waals surface area contributed by atoms with Crippen LogP contribution in [0.2, 0.25) is 5.15 Å². The van der Waals surface area contributed by atoms with Crippen LogP contribution in [0.15, 0.2) is 32.2 Å². The Morgan fingerprint density at radius 2 is 2.10 bits per heavy atom. The van der Waals surface area contributed by atoms with Crippen molar-refractivity contribution in [1.29, 1.82) is 0 Å². The van der Waals surface area contributed by atoms with E-state index in [1.165, 1.54) is 11.1 Å². The van der Waals surface area contributed by atoms with Gasteiger partial charge in [-0.2, -0.15) is 13.2 Å². The molecule has 0 aromatic carbocycles. The molecule has 3 aromatic rings. The molecule has 2 N–H and O–H groups in total. The summed E-state index contributed by atoms with van der Waals surface area (Å²) in [5.41, 5.74) is -2.01. The van der Waals surface area contributed by atoms with Crippen molar-refractivity contribution in [3.8, 4) is 5.88 Å². The number of carbonyl (C=O) groups is 1. The van der Waals surface area contributed by atoms with Gasteiger partial charge in [0.2, 0.25) is 5.88 Å². The number of halogens is 5. The number of nitrogens with zero attached hydrogens (tertiary/aromatic N) is 4. The Morgan fingerprint density at radius 1 is 1.39 bits per heavy atom. The summed E-state index contributed by atoms with van der Waals surface area (Å²) in [6.07, 6.45) is -3.82. The summed E-state index contributed by atoms with van der Waals surface area (Å²) in [5.74, 6) is -2.11. The number of oxazole rings is 1. The second-order valence-corrected chi connectivity index (χ2v) is 8.19. The van der Waals surface area contributed by atoms with Crippen LogP contribution in [-0.2, 0) is 6.18 Å². The molecule has 4 heterocycles. The topological polar surface area (TPSA) is 113 Å². The number of imidazole rings is 1. The summed E-state index contributed by atoms with van der Waals surface area (Å²) in [6, 6.07) is -0.0169. The number of alkyl halides is 3. The van der Waals surface area contributed by atoms with E-state index >= 15 is 0 Å². The third-order valence-corrected chi connectivity index (χ3v) is 5.81. The third kappa shape index (κ3) is 3.70. The van der Waals surface area contributed by atoms with E-state index in [0.717, 1.165) is 21.3 Å². The molecule has 1 amide bonds. The van der Waals surface area contributed by atoms with E-state index in [1.54, 1.807) is 0 Å². The fourth-order valence-corrected chi connectivity index (χ4v) is 4.28. The zero-order valence-corrected chi connectivity index (χ0v) is 17.6. The quantitative estimate of drug-likeness (QED) is 0.532. The van der Waals surface area contributed by atoms with Crippen LogP contribution in [0, 0.1) is 0 Å². The van der Waals surface area contributed by atoms with Gasteiger partial charge in [0.05, 0.1) is 17.7 Å². The zero-order valence-electron chi connectivity index (χ0n) is 15.3. The van der Waals surface area contributed by atoms with Crippen molar-refractivity contribution in [1.82, 2.24) is 18.9 Å². The van der Waals surface area contributed by atoms with Crippen LogP contribution in [0.1, 0.15) is 28.5 Å². The minimum Gasteiger partial charge on any atom is -0.492 e. The molecular formula is C17H13BrClF3N4O5. The lowest BCUT2D eigenvalue weighted by Crippen LogP contribution is -2.48. The van der Waals surface area contributed by atoms with Crippen LogP contribution in [0.3, 0.4) is 0 Å². The first kappa shape index (κ1) is 21.7. The summed E-state index contributed by atoms with van der Waals surface area (Å²) in [5, 5.41) is 19.9. The van der Waals surface area contributed by atoms with Gasteiger partial charge in [0.25, 0.3) is 5.91 Å². The fraction of sp³-hybridized carbons (Fsp3) is 0.353. The predicted molar refractivity (Wildman–Crippen MR) is 103 cm³/mol. The molecule has 1 fully saturated rings. The molecule has 2 atom stereocenters. The number of hydrogen-bond donors (Lipinski definition) is 2. The number of carbonyl (C=O) groups excluding carboxylic acids is 1. The van der Waals surface area contributed by atoms with E-state index in [0.29, 0.717) is 0 Å². The molecule has 0 aliphatic carbocycles. The van der Waals surface area contributed by atoms with Crippen molar-refractivity contribution in [3.63, 3.8) is 0 Å². The summed E-state index contributed by atoms with van der Waals surface area (Å²) in [4.78, 5) is 29.6. The highest BCUT2D eigenvalue weighted by Crippen LogP contribution is 2.36. The highest BCUT2D eigenvalue weighted by atomic mass is 79.9. The molecule has 166 valence electrons. The molecule has 0 spiro atoms. The first-order valence-corrected chi connectivity index (χ1v) is 9.96. The van der Waals surface area contributed by atoms with Crippen LogP contribution in [-0.4, -0.2) is 54.2 Å². The molecule has 9 nitrogen and oxygen atoms in total. The smallest absolute Gasteiger partial charge is 0.422 e. The SMILES string of the molecule is O=C(c1nc2c(C(F)(F)F)cc(Br)cn2c1Cl)N1CC[C@H](n2c(O)coc2=O)[C@@H](O)C1. The Morgan fingerprint density at radius 3 is 2.68 bits per heavy atom. The van der Waals surface area contributed by atoms with Crippen molar-refractivity contribution in [2.45, 2.75) is 24.7 Å². The minimum absolute atomic E-state index is 0.0254. The number of aliphatic hydroxyl groups is 1. The number of amides is 1. The first-order valence-electron chi connectivity index (χ1n) is 8.79. The van der Waals surface area contributed by atoms with Gasteiger partial charge < -0.3 is 19.5 Å². The van der Waals surface area contributed by atoms with E-state index < -0.39 is 52.8 Å². The van der Waals surface area contributed by atoms with E-state index in [4.69, 9.17) is 11.6 Å². The fourth-order valence-electron chi connectivity index (χ4n) is 3.60. The molecule has 1 aliphatic rings. The van der Waals surface area contributed by atoms with Gasteiger partial charge >= 0.3 is 11.9 Å². The standard InChI is InChI=1S/C17H13BrClF3N4O5/c18-7-3-8(17(20,21)22)14-23-12(13(19)25(14)4-7)15(29)24-2-1-9(10(27)5-24)26-11(28)6-31-16(26)30/h3-4,6,9-10,27-28H,1-2,5H2/t9-,10-/m0/s1. The molecule has 14 heteroatoms. The maximum Gasteiger partial charge on any atom is 0.422 e. The molecule has 0 radical (unpaired) electrons. The third-order valence-electron chi connectivity index (χ3n) is 5.01. The van der Waals surface area contributed by atoms with Gasteiger partial charge in [-0.1, -0.05) is 11.6 Å². The van der Waals surface area contributed by atoms with Crippen LogP contribution >= 0.6 is 27.5 Å². The lowest BCUT2D eigenvalue weighted by atomic mass is 10.0. The molecular weight excluding hydrogens is 513 g/mol. The number of pyridine rings is 1. The first-order chi connectivity index (χ1) is 14.5. The summed E-state index contributed by atoms with van der Waals surface area (Å²) >= 11 is 9.15.